The van der Waals surface area contributed by atoms with E-state index in [1.165, 1.54) is 11.1 Å². The van der Waals surface area contributed by atoms with Gasteiger partial charge in [0, 0.05) is 11.0 Å². The number of hydrogen-bond acceptors (Lipinski definition) is 1. The van der Waals surface area contributed by atoms with Gasteiger partial charge in [0.15, 0.2) is 0 Å². The molecule has 0 saturated carbocycles. The van der Waals surface area contributed by atoms with Crippen molar-refractivity contribution in [3.8, 4) is 12.3 Å². The minimum Gasteiger partial charge on any atom is -0.300 e. The SMILES string of the molecule is C#CC(C)NCc1cc(Br)ccc1C. The molecular weight excluding hydrogens is 238 g/mol. The quantitative estimate of drug-likeness (QED) is 0.815. The summed E-state index contributed by atoms with van der Waals surface area (Å²) in [5, 5.41) is 3.26. The Morgan fingerprint density at radius 1 is 1.57 bits per heavy atom. The standard InChI is InChI=1S/C12H14BrN/c1-4-10(3)14-8-11-7-12(13)6-5-9(11)2/h1,5-7,10,14H,8H2,2-3H3. The number of terminal acetylenes is 1. The second kappa shape index (κ2) is 5.19. The predicted octanol–water partition coefficient (Wildman–Crippen LogP) is 2.87. The van der Waals surface area contributed by atoms with Gasteiger partial charge in [0.05, 0.1) is 6.04 Å². The first-order valence-electron chi connectivity index (χ1n) is 4.58. The first-order valence-corrected chi connectivity index (χ1v) is 5.37. The highest BCUT2D eigenvalue weighted by Crippen LogP contribution is 2.15. The molecule has 74 valence electrons. The lowest BCUT2D eigenvalue weighted by atomic mass is 10.1. The molecule has 0 heterocycles. The molecule has 0 fully saturated rings. The van der Waals surface area contributed by atoms with Gasteiger partial charge in [-0.3, -0.25) is 5.32 Å². The molecule has 0 radical (unpaired) electrons. The molecule has 1 aromatic carbocycles. The van der Waals surface area contributed by atoms with Crippen LogP contribution in [-0.4, -0.2) is 6.04 Å². The highest BCUT2D eigenvalue weighted by atomic mass is 79.9. The van der Waals surface area contributed by atoms with Crippen molar-refractivity contribution in [2.45, 2.75) is 26.4 Å². The van der Waals surface area contributed by atoms with Crippen LogP contribution in [0.1, 0.15) is 18.1 Å². The van der Waals surface area contributed by atoms with Crippen LogP contribution in [0.4, 0.5) is 0 Å². The number of aryl methyl sites for hydroxylation is 1. The summed E-state index contributed by atoms with van der Waals surface area (Å²) in [7, 11) is 0. The van der Waals surface area contributed by atoms with Crippen molar-refractivity contribution in [1.82, 2.24) is 5.32 Å². The van der Waals surface area contributed by atoms with E-state index in [2.05, 4.69) is 46.2 Å². The zero-order chi connectivity index (χ0) is 10.6. The van der Waals surface area contributed by atoms with E-state index in [4.69, 9.17) is 6.42 Å². The summed E-state index contributed by atoms with van der Waals surface area (Å²) in [5.74, 6) is 2.65. The summed E-state index contributed by atoms with van der Waals surface area (Å²) in [6, 6.07) is 6.38. The number of nitrogens with one attached hydrogen (secondary N) is 1. The average Bonchev–Trinajstić information content (AvgIpc) is 2.19. The molecule has 0 bridgehead atoms. The van der Waals surface area contributed by atoms with Crippen molar-refractivity contribution in [3.05, 3.63) is 33.8 Å². The van der Waals surface area contributed by atoms with Crippen LogP contribution in [0.15, 0.2) is 22.7 Å². The third-order valence-electron chi connectivity index (χ3n) is 2.16. The maximum absolute atomic E-state index is 5.28. The third-order valence-corrected chi connectivity index (χ3v) is 2.65. The topological polar surface area (TPSA) is 12.0 Å². The molecule has 14 heavy (non-hydrogen) atoms. The number of halogens is 1. The molecule has 1 atom stereocenters. The molecular formula is C12H14BrN. The summed E-state index contributed by atoms with van der Waals surface area (Å²) in [6.45, 7) is 4.90. The summed E-state index contributed by atoms with van der Waals surface area (Å²) >= 11 is 3.45. The van der Waals surface area contributed by atoms with E-state index in [9.17, 15) is 0 Å². The molecule has 1 nitrogen and oxygen atoms in total. The number of rotatable bonds is 3. The van der Waals surface area contributed by atoms with Crippen molar-refractivity contribution in [2.75, 3.05) is 0 Å². The Balaban J connectivity index is 2.67. The minimum atomic E-state index is 0.119. The van der Waals surface area contributed by atoms with Gasteiger partial charge in [-0.2, -0.15) is 0 Å². The lowest BCUT2D eigenvalue weighted by molar-refractivity contribution is 0.646. The lowest BCUT2D eigenvalue weighted by Crippen LogP contribution is -2.23. The maximum atomic E-state index is 5.28. The fourth-order valence-electron chi connectivity index (χ4n) is 1.15. The van der Waals surface area contributed by atoms with E-state index in [1.54, 1.807) is 0 Å². The van der Waals surface area contributed by atoms with Gasteiger partial charge in [-0.1, -0.05) is 27.9 Å². The van der Waals surface area contributed by atoms with Gasteiger partial charge in [0.25, 0.3) is 0 Å². The van der Waals surface area contributed by atoms with E-state index >= 15 is 0 Å². The molecule has 1 unspecified atom stereocenters. The van der Waals surface area contributed by atoms with Crippen LogP contribution in [0, 0.1) is 19.3 Å². The van der Waals surface area contributed by atoms with Crippen molar-refractivity contribution < 1.29 is 0 Å². The van der Waals surface area contributed by atoms with Gasteiger partial charge in [-0.25, -0.2) is 0 Å². The molecule has 0 aliphatic heterocycles. The zero-order valence-electron chi connectivity index (χ0n) is 8.47. The minimum absolute atomic E-state index is 0.119. The molecule has 2 heteroatoms. The second-order valence-corrected chi connectivity index (χ2v) is 4.26. The first kappa shape index (κ1) is 11.3. The average molecular weight is 252 g/mol. The van der Waals surface area contributed by atoms with Crippen molar-refractivity contribution in [1.29, 1.82) is 0 Å². The van der Waals surface area contributed by atoms with Gasteiger partial charge in [-0.15, -0.1) is 6.42 Å². The van der Waals surface area contributed by atoms with Gasteiger partial charge >= 0.3 is 0 Å². The van der Waals surface area contributed by atoms with Gasteiger partial charge in [0.1, 0.15) is 0 Å². The summed E-state index contributed by atoms with van der Waals surface area (Å²) < 4.78 is 1.10. The van der Waals surface area contributed by atoms with Crippen LogP contribution in [-0.2, 0) is 6.54 Å². The summed E-state index contributed by atoms with van der Waals surface area (Å²) in [5.41, 5.74) is 2.56. The number of hydrogen-bond donors (Lipinski definition) is 1. The predicted molar refractivity (Wildman–Crippen MR) is 64.0 cm³/mol. The number of benzene rings is 1. The molecule has 0 saturated heterocycles. The Morgan fingerprint density at radius 2 is 2.29 bits per heavy atom. The smallest absolute Gasteiger partial charge is 0.0660 e. The maximum Gasteiger partial charge on any atom is 0.0660 e. The highest BCUT2D eigenvalue weighted by molar-refractivity contribution is 9.10. The Labute approximate surface area is 94.0 Å². The van der Waals surface area contributed by atoms with Crippen LogP contribution in [0.3, 0.4) is 0 Å². The van der Waals surface area contributed by atoms with Crippen molar-refractivity contribution in [3.63, 3.8) is 0 Å². The Bertz CT molecular complexity index is 352. The van der Waals surface area contributed by atoms with Crippen molar-refractivity contribution >= 4 is 15.9 Å². The Hall–Kier alpha value is -0.780. The highest BCUT2D eigenvalue weighted by Gasteiger charge is 2.00. The van der Waals surface area contributed by atoms with E-state index in [1.807, 2.05) is 13.0 Å². The molecule has 0 amide bonds. The lowest BCUT2D eigenvalue weighted by Gasteiger charge is -2.10. The van der Waals surface area contributed by atoms with Crippen molar-refractivity contribution in [2.24, 2.45) is 0 Å². The van der Waals surface area contributed by atoms with E-state index in [-0.39, 0.29) is 6.04 Å². The zero-order valence-corrected chi connectivity index (χ0v) is 10.1. The fourth-order valence-corrected chi connectivity index (χ4v) is 1.56. The van der Waals surface area contributed by atoms with E-state index < -0.39 is 0 Å². The normalized spacial score (nSPS) is 12.1. The van der Waals surface area contributed by atoms with Crippen LogP contribution in [0.2, 0.25) is 0 Å². The van der Waals surface area contributed by atoms with E-state index in [0.29, 0.717) is 0 Å². The molecule has 1 aromatic rings. The molecule has 0 aliphatic rings. The largest absolute Gasteiger partial charge is 0.300 e. The third kappa shape index (κ3) is 3.17. The molecule has 0 spiro atoms. The van der Waals surface area contributed by atoms with Gasteiger partial charge in [-0.05, 0) is 37.1 Å². The summed E-state index contributed by atoms with van der Waals surface area (Å²) in [6.07, 6.45) is 5.28. The van der Waals surface area contributed by atoms with Crippen LogP contribution < -0.4 is 5.32 Å². The molecule has 0 aromatic heterocycles. The second-order valence-electron chi connectivity index (χ2n) is 3.34. The molecule has 1 N–H and O–H groups in total. The van der Waals surface area contributed by atoms with Crippen LogP contribution in [0.5, 0.6) is 0 Å². The van der Waals surface area contributed by atoms with Crippen LogP contribution in [0.25, 0.3) is 0 Å². The van der Waals surface area contributed by atoms with Gasteiger partial charge < -0.3 is 0 Å². The Morgan fingerprint density at radius 3 is 2.93 bits per heavy atom. The molecule has 1 rings (SSSR count). The van der Waals surface area contributed by atoms with Crippen LogP contribution >= 0.6 is 15.9 Å². The van der Waals surface area contributed by atoms with Gasteiger partial charge in [0.2, 0.25) is 0 Å². The summed E-state index contributed by atoms with van der Waals surface area (Å²) in [4.78, 5) is 0. The first-order chi connectivity index (χ1) is 6.63. The monoisotopic (exact) mass is 251 g/mol. The molecule has 0 aliphatic carbocycles. The Kier molecular flexibility index (Phi) is 4.19. The fraction of sp³-hybridized carbons (Fsp3) is 0.333. The van der Waals surface area contributed by atoms with E-state index in [0.717, 1.165) is 11.0 Å².